The van der Waals surface area contributed by atoms with Crippen LogP contribution >= 0.6 is 11.6 Å². The number of fused-ring (bicyclic) bond motifs is 1. The highest BCUT2D eigenvalue weighted by Crippen LogP contribution is 2.31. The summed E-state index contributed by atoms with van der Waals surface area (Å²) in [4.78, 5) is 4.30. The van der Waals surface area contributed by atoms with Crippen molar-refractivity contribution in [1.82, 2.24) is 4.98 Å². The number of hydrogen-bond acceptors (Lipinski definition) is 3. The zero-order valence-corrected chi connectivity index (χ0v) is 11.8. The largest absolute Gasteiger partial charge is 0.398 e. The quantitative estimate of drug-likeness (QED) is 0.680. The molecule has 3 rings (SSSR count). The molecule has 0 saturated carbocycles. The molecule has 0 radical (unpaired) electrons. The predicted octanol–water partition coefficient (Wildman–Crippen LogP) is 4.52. The Labute approximate surface area is 122 Å². The lowest BCUT2D eigenvalue weighted by Gasteiger charge is -2.12. The first kappa shape index (κ1) is 12.8. The molecule has 4 heteroatoms. The third-order valence-electron chi connectivity index (χ3n) is 3.18. The fourth-order valence-corrected chi connectivity index (χ4v) is 2.39. The Kier molecular flexibility index (Phi) is 3.20. The number of nitrogens with zero attached hydrogens (tertiary/aromatic N) is 1. The molecule has 0 aliphatic carbocycles. The van der Waals surface area contributed by atoms with E-state index in [0.717, 1.165) is 33.5 Å². The highest BCUT2D eigenvalue weighted by atomic mass is 35.5. The Hall–Kier alpha value is -2.26. The lowest BCUT2D eigenvalue weighted by atomic mass is 10.1. The molecule has 3 aromatic rings. The van der Waals surface area contributed by atoms with Crippen LogP contribution in [0.1, 0.15) is 5.69 Å². The zero-order valence-electron chi connectivity index (χ0n) is 11.0. The smallest absolute Gasteiger partial charge is 0.0466 e. The van der Waals surface area contributed by atoms with Crippen LogP contribution in [0, 0.1) is 6.92 Å². The van der Waals surface area contributed by atoms with E-state index in [-0.39, 0.29) is 0 Å². The van der Waals surface area contributed by atoms with E-state index >= 15 is 0 Å². The third kappa shape index (κ3) is 2.40. The number of nitrogen functional groups attached to an aromatic ring is 1. The van der Waals surface area contributed by atoms with Crippen LogP contribution in [0.2, 0.25) is 5.02 Å². The predicted molar refractivity (Wildman–Crippen MR) is 85.6 cm³/mol. The number of aromatic nitrogens is 1. The number of benzene rings is 2. The minimum Gasteiger partial charge on any atom is -0.398 e. The van der Waals surface area contributed by atoms with Gasteiger partial charge in [-0.15, -0.1) is 0 Å². The van der Waals surface area contributed by atoms with Crippen LogP contribution < -0.4 is 11.1 Å². The number of nitrogens with two attached hydrogens (primary N) is 1. The molecular formula is C16H14ClN3. The monoisotopic (exact) mass is 283 g/mol. The molecule has 0 saturated heterocycles. The van der Waals surface area contributed by atoms with Gasteiger partial charge in [-0.3, -0.25) is 4.98 Å². The average molecular weight is 284 g/mol. The van der Waals surface area contributed by atoms with Crippen molar-refractivity contribution in [3.8, 4) is 0 Å². The van der Waals surface area contributed by atoms with Gasteiger partial charge < -0.3 is 11.1 Å². The molecule has 3 N–H and O–H groups in total. The second-order valence-electron chi connectivity index (χ2n) is 4.71. The Morgan fingerprint density at radius 3 is 2.75 bits per heavy atom. The number of aryl methyl sites for hydroxylation is 1. The van der Waals surface area contributed by atoms with E-state index in [1.54, 1.807) is 0 Å². The van der Waals surface area contributed by atoms with Gasteiger partial charge in [-0.25, -0.2) is 0 Å². The Morgan fingerprint density at radius 2 is 1.95 bits per heavy atom. The Balaban J connectivity index is 2.12. The summed E-state index contributed by atoms with van der Waals surface area (Å²) in [5, 5.41) is 6.08. The van der Waals surface area contributed by atoms with E-state index in [1.807, 2.05) is 55.6 Å². The van der Waals surface area contributed by atoms with Crippen LogP contribution in [0.3, 0.4) is 0 Å². The summed E-state index contributed by atoms with van der Waals surface area (Å²) >= 11 is 6.01. The maximum absolute atomic E-state index is 6.01. The summed E-state index contributed by atoms with van der Waals surface area (Å²) in [6.07, 6.45) is 1.81. The zero-order chi connectivity index (χ0) is 14.1. The standard InChI is InChI=1S/C16H14ClN3/c1-10-7-13-14(9-19-10)15(18)5-6-16(13)20-12-4-2-3-11(17)8-12/h2-9,20H,18H2,1H3. The van der Waals surface area contributed by atoms with Crippen molar-refractivity contribution in [2.24, 2.45) is 0 Å². The Bertz CT molecular complexity index is 784. The van der Waals surface area contributed by atoms with Crippen molar-refractivity contribution < 1.29 is 0 Å². The van der Waals surface area contributed by atoms with E-state index in [2.05, 4.69) is 10.3 Å². The Morgan fingerprint density at radius 1 is 1.10 bits per heavy atom. The molecule has 1 heterocycles. The molecule has 1 aromatic heterocycles. The summed E-state index contributed by atoms with van der Waals surface area (Å²) in [6.45, 7) is 1.96. The summed E-state index contributed by atoms with van der Waals surface area (Å²) in [7, 11) is 0. The molecule has 3 nitrogen and oxygen atoms in total. The van der Waals surface area contributed by atoms with Crippen LogP contribution in [0.15, 0.2) is 48.7 Å². The van der Waals surface area contributed by atoms with Crippen molar-refractivity contribution >= 4 is 39.4 Å². The number of halogens is 1. The van der Waals surface area contributed by atoms with Gasteiger partial charge in [0.15, 0.2) is 0 Å². The lowest BCUT2D eigenvalue weighted by Crippen LogP contribution is -1.95. The van der Waals surface area contributed by atoms with Crippen molar-refractivity contribution in [2.75, 3.05) is 11.1 Å². The van der Waals surface area contributed by atoms with E-state index < -0.39 is 0 Å². The van der Waals surface area contributed by atoms with Gasteiger partial charge in [-0.1, -0.05) is 17.7 Å². The molecule has 0 spiro atoms. The van der Waals surface area contributed by atoms with Crippen molar-refractivity contribution in [1.29, 1.82) is 0 Å². The van der Waals surface area contributed by atoms with Gasteiger partial charge in [-0.05, 0) is 43.3 Å². The number of nitrogens with one attached hydrogen (secondary N) is 1. The molecule has 0 bridgehead atoms. The number of rotatable bonds is 2. The molecule has 0 aliphatic rings. The highest BCUT2D eigenvalue weighted by Gasteiger charge is 2.06. The number of anilines is 3. The number of hydrogen-bond donors (Lipinski definition) is 2. The van der Waals surface area contributed by atoms with Crippen molar-refractivity contribution in [3.63, 3.8) is 0 Å². The molecule has 0 unspecified atom stereocenters. The van der Waals surface area contributed by atoms with Crippen LogP contribution in [0.25, 0.3) is 10.8 Å². The second kappa shape index (κ2) is 5.02. The fraction of sp³-hybridized carbons (Fsp3) is 0.0625. The first-order valence-electron chi connectivity index (χ1n) is 6.31. The van der Waals surface area contributed by atoms with Gasteiger partial charge in [0.05, 0.1) is 0 Å². The molecule has 0 amide bonds. The van der Waals surface area contributed by atoms with E-state index in [9.17, 15) is 0 Å². The SMILES string of the molecule is Cc1cc2c(Nc3cccc(Cl)c3)ccc(N)c2cn1. The van der Waals surface area contributed by atoms with Gasteiger partial charge in [-0.2, -0.15) is 0 Å². The summed E-state index contributed by atoms with van der Waals surface area (Å²) in [5.41, 5.74) is 9.62. The van der Waals surface area contributed by atoms with Gasteiger partial charge in [0.25, 0.3) is 0 Å². The van der Waals surface area contributed by atoms with Gasteiger partial charge in [0.1, 0.15) is 0 Å². The molecular weight excluding hydrogens is 270 g/mol. The van der Waals surface area contributed by atoms with Crippen LogP contribution in [0.4, 0.5) is 17.1 Å². The molecule has 100 valence electrons. The first-order valence-corrected chi connectivity index (χ1v) is 6.69. The van der Waals surface area contributed by atoms with Crippen LogP contribution in [-0.2, 0) is 0 Å². The van der Waals surface area contributed by atoms with E-state index in [0.29, 0.717) is 5.02 Å². The summed E-state index contributed by atoms with van der Waals surface area (Å²) in [5.74, 6) is 0. The fourth-order valence-electron chi connectivity index (χ4n) is 2.20. The molecule has 2 aromatic carbocycles. The van der Waals surface area contributed by atoms with Crippen molar-refractivity contribution in [3.05, 3.63) is 59.4 Å². The van der Waals surface area contributed by atoms with Crippen LogP contribution in [-0.4, -0.2) is 4.98 Å². The van der Waals surface area contributed by atoms with Crippen LogP contribution in [0.5, 0.6) is 0 Å². The molecule has 0 aliphatic heterocycles. The van der Waals surface area contributed by atoms with Gasteiger partial charge >= 0.3 is 0 Å². The molecule has 0 fully saturated rings. The van der Waals surface area contributed by atoms with E-state index in [1.165, 1.54) is 0 Å². The minimum atomic E-state index is 0.701. The lowest BCUT2D eigenvalue weighted by molar-refractivity contribution is 1.22. The highest BCUT2D eigenvalue weighted by molar-refractivity contribution is 6.30. The van der Waals surface area contributed by atoms with Gasteiger partial charge in [0, 0.05) is 44.7 Å². The summed E-state index contributed by atoms with van der Waals surface area (Å²) < 4.78 is 0. The topological polar surface area (TPSA) is 50.9 Å². The van der Waals surface area contributed by atoms with Gasteiger partial charge in [0.2, 0.25) is 0 Å². The van der Waals surface area contributed by atoms with Crippen molar-refractivity contribution in [2.45, 2.75) is 6.92 Å². The maximum atomic E-state index is 6.01. The third-order valence-corrected chi connectivity index (χ3v) is 3.41. The number of pyridine rings is 1. The maximum Gasteiger partial charge on any atom is 0.0466 e. The summed E-state index contributed by atoms with van der Waals surface area (Å²) in [6, 6.07) is 13.5. The average Bonchev–Trinajstić information content (AvgIpc) is 2.42. The first-order chi connectivity index (χ1) is 9.63. The van der Waals surface area contributed by atoms with E-state index in [4.69, 9.17) is 17.3 Å². The molecule has 0 atom stereocenters. The normalized spacial score (nSPS) is 10.7. The second-order valence-corrected chi connectivity index (χ2v) is 5.15. The molecule has 20 heavy (non-hydrogen) atoms. The minimum absolute atomic E-state index is 0.701.